The predicted molar refractivity (Wildman–Crippen MR) is 55.6 cm³/mol. The van der Waals surface area contributed by atoms with Crippen molar-refractivity contribution in [3.63, 3.8) is 0 Å². The molecule has 2 unspecified atom stereocenters. The molecule has 0 radical (unpaired) electrons. The second-order valence-corrected chi connectivity index (χ2v) is 3.21. The van der Waals surface area contributed by atoms with Gasteiger partial charge in [-0.2, -0.15) is 5.26 Å². The minimum absolute atomic E-state index is 0.0406. The van der Waals surface area contributed by atoms with E-state index in [0.29, 0.717) is 11.1 Å². The Kier molecular flexibility index (Phi) is 3.63. The van der Waals surface area contributed by atoms with Crippen LogP contribution in [0.15, 0.2) is 18.2 Å². The first-order valence-corrected chi connectivity index (χ1v) is 4.46. The van der Waals surface area contributed by atoms with Gasteiger partial charge in [0.2, 0.25) is 0 Å². The smallest absolute Gasteiger partial charge is 0.106 e. The van der Waals surface area contributed by atoms with Crippen molar-refractivity contribution in [2.45, 2.75) is 12.2 Å². The first-order valence-electron chi connectivity index (χ1n) is 4.46. The number of nitrogens with zero attached hydrogens (tertiary/aromatic N) is 1. The third-order valence-corrected chi connectivity index (χ3v) is 2.14. The van der Waals surface area contributed by atoms with Crippen LogP contribution < -0.4 is 11.5 Å². The molecule has 15 heavy (non-hydrogen) atoms. The first-order chi connectivity index (χ1) is 7.10. The summed E-state index contributed by atoms with van der Waals surface area (Å²) < 4.78 is 0. The molecular weight excluding hydrogens is 194 g/mol. The fourth-order valence-corrected chi connectivity index (χ4v) is 1.22. The lowest BCUT2D eigenvalue weighted by molar-refractivity contribution is 0.0244. The van der Waals surface area contributed by atoms with Crippen molar-refractivity contribution < 1.29 is 10.2 Å². The minimum Gasteiger partial charge on any atom is -0.398 e. The molecule has 0 saturated carbocycles. The molecule has 0 heterocycles. The van der Waals surface area contributed by atoms with Crippen LogP contribution in [0.2, 0.25) is 0 Å². The Morgan fingerprint density at radius 3 is 2.53 bits per heavy atom. The number of hydrogen-bond donors (Lipinski definition) is 4. The molecule has 1 aromatic carbocycles. The highest BCUT2D eigenvalue weighted by atomic mass is 16.3. The van der Waals surface area contributed by atoms with E-state index in [4.69, 9.17) is 16.7 Å². The maximum absolute atomic E-state index is 9.61. The number of hydrogen-bond acceptors (Lipinski definition) is 5. The van der Waals surface area contributed by atoms with Gasteiger partial charge in [-0.3, -0.25) is 0 Å². The largest absolute Gasteiger partial charge is 0.398 e. The monoisotopic (exact) mass is 207 g/mol. The van der Waals surface area contributed by atoms with Crippen LogP contribution in [-0.4, -0.2) is 22.9 Å². The van der Waals surface area contributed by atoms with E-state index in [1.54, 1.807) is 6.07 Å². The van der Waals surface area contributed by atoms with Gasteiger partial charge >= 0.3 is 0 Å². The molecule has 80 valence electrons. The van der Waals surface area contributed by atoms with Crippen LogP contribution in [0, 0.1) is 11.3 Å². The predicted octanol–water partition coefficient (Wildman–Crippen LogP) is -0.507. The Hall–Kier alpha value is -1.61. The number of rotatable bonds is 3. The highest BCUT2D eigenvalue weighted by Crippen LogP contribution is 2.21. The fourth-order valence-electron chi connectivity index (χ4n) is 1.22. The van der Waals surface area contributed by atoms with Crippen molar-refractivity contribution in [1.29, 1.82) is 5.26 Å². The van der Waals surface area contributed by atoms with Crippen molar-refractivity contribution in [2.24, 2.45) is 5.73 Å². The number of benzene rings is 1. The van der Waals surface area contributed by atoms with Gasteiger partial charge in [0.25, 0.3) is 0 Å². The van der Waals surface area contributed by atoms with E-state index in [-0.39, 0.29) is 12.2 Å². The van der Waals surface area contributed by atoms with Gasteiger partial charge in [-0.15, -0.1) is 0 Å². The quantitative estimate of drug-likeness (QED) is 0.498. The third kappa shape index (κ3) is 2.44. The van der Waals surface area contributed by atoms with E-state index in [1.165, 1.54) is 12.1 Å². The van der Waals surface area contributed by atoms with Crippen molar-refractivity contribution in [1.82, 2.24) is 0 Å². The molecule has 0 aliphatic heterocycles. The normalized spacial score (nSPS) is 14.3. The lowest BCUT2D eigenvalue weighted by Gasteiger charge is -2.16. The third-order valence-electron chi connectivity index (χ3n) is 2.14. The van der Waals surface area contributed by atoms with E-state index in [9.17, 15) is 10.2 Å². The van der Waals surface area contributed by atoms with Gasteiger partial charge in [0, 0.05) is 12.2 Å². The van der Waals surface area contributed by atoms with Gasteiger partial charge in [0.15, 0.2) is 0 Å². The Bertz CT molecular complexity index is 387. The van der Waals surface area contributed by atoms with Crippen molar-refractivity contribution in [2.75, 3.05) is 12.3 Å². The Labute approximate surface area is 87.6 Å². The molecule has 1 rings (SSSR count). The second kappa shape index (κ2) is 4.75. The second-order valence-electron chi connectivity index (χ2n) is 3.21. The number of nitrogen functional groups attached to an aromatic ring is 1. The standard InChI is InChI=1S/C10H13N3O2/c11-4-7-2-1-6(3-8(7)13)10(15)9(14)5-12/h1-3,9-10,14-15H,5,12-13H2. The Morgan fingerprint density at radius 1 is 1.40 bits per heavy atom. The molecular formula is C10H13N3O2. The summed E-state index contributed by atoms with van der Waals surface area (Å²) in [6.07, 6.45) is -2.11. The molecule has 0 amide bonds. The van der Waals surface area contributed by atoms with Crippen molar-refractivity contribution in [3.05, 3.63) is 29.3 Å². The number of anilines is 1. The van der Waals surface area contributed by atoms with E-state index in [0.717, 1.165) is 0 Å². The summed E-state index contributed by atoms with van der Waals surface area (Å²) >= 11 is 0. The summed E-state index contributed by atoms with van der Waals surface area (Å²) in [4.78, 5) is 0. The van der Waals surface area contributed by atoms with Gasteiger partial charge in [-0.05, 0) is 17.7 Å². The van der Waals surface area contributed by atoms with Gasteiger partial charge < -0.3 is 21.7 Å². The minimum atomic E-state index is -1.08. The van der Waals surface area contributed by atoms with Crippen molar-refractivity contribution in [3.8, 4) is 6.07 Å². The molecule has 1 aromatic rings. The zero-order chi connectivity index (χ0) is 11.4. The van der Waals surface area contributed by atoms with E-state index in [2.05, 4.69) is 0 Å². The van der Waals surface area contributed by atoms with Gasteiger partial charge in [-0.25, -0.2) is 0 Å². The Balaban J connectivity index is 2.98. The van der Waals surface area contributed by atoms with Crippen LogP contribution in [0.5, 0.6) is 0 Å². The lowest BCUT2D eigenvalue weighted by Crippen LogP contribution is -2.27. The SMILES string of the molecule is N#Cc1ccc(C(O)C(O)CN)cc1N. The van der Waals surface area contributed by atoms with E-state index in [1.807, 2.05) is 6.07 Å². The van der Waals surface area contributed by atoms with Gasteiger partial charge in [0.05, 0.1) is 11.7 Å². The summed E-state index contributed by atoms with van der Waals surface area (Å²) in [6.45, 7) is -0.0406. The number of aliphatic hydroxyl groups excluding tert-OH is 2. The molecule has 6 N–H and O–H groups in total. The van der Waals surface area contributed by atoms with Crippen molar-refractivity contribution >= 4 is 5.69 Å². The zero-order valence-corrected chi connectivity index (χ0v) is 8.09. The molecule has 0 aromatic heterocycles. The number of aliphatic hydroxyl groups is 2. The first kappa shape index (κ1) is 11.5. The maximum atomic E-state index is 9.61. The summed E-state index contributed by atoms with van der Waals surface area (Å²) in [5.41, 5.74) is 11.8. The molecule has 0 spiro atoms. The van der Waals surface area contributed by atoms with Crippen LogP contribution >= 0.6 is 0 Å². The summed E-state index contributed by atoms with van der Waals surface area (Å²) in [6, 6.07) is 6.41. The molecule has 0 fully saturated rings. The molecule has 0 saturated heterocycles. The number of nitrogens with two attached hydrogens (primary N) is 2. The van der Waals surface area contributed by atoms with E-state index < -0.39 is 12.2 Å². The average molecular weight is 207 g/mol. The van der Waals surface area contributed by atoms with Crippen LogP contribution in [0.4, 0.5) is 5.69 Å². The molecule has 2 atom stereocenters. The number of nitriles is 1. The summed E-state index contributed by atoms with van der Waals surface area (Å²) in [5.74, 6) is 0. The summed E-state index contributed by atoms with van der Waals surface area (Å²) in [7, 11) is 0. The zero-order valence-electron chi connectivity index (χ0n) is 8.09. The van der Waals surface area contributed by atoms with E-state index >= 15 is 0 Å². The molecule has 5 heteroatoms. The highest BCUT2D eigenvalue weighted by molar-refractivity contribution is 5.55. The van der Waals surface area contributed by atoms with Gasteiger partial charge in [-0.1, -0.05) is 6.07 Å². The lowest BCUT2D eigenvalue weighted by atomic mass is 10.0. The molecule has 5 nitrogen and oxygen atoms in total. The van der Waals surface area contributed by atoms with Crippen LogP contribution in [-0.2, 0) is 0 Å². The van der Waals surface area contributed by atoms with Crippen LogP contribution in [0.25, 0.3) is 0 Å². The molecule has 0 aliphatic rings. The average Bonchev–Trinajstić information content (AvgIpc) is 2.26. The molecule has 0 aliphatic carbocycles. The highest BCUT2D eigenvalue weighted by Gasteiger charge is 2.17. The van der Waals surface area contributed by atoms with Gasteiger partial charge in [0.1, 0.15) is 12.2 Å². The molecule has 0 bridgehead atoms. The summed E-state index contributed by atoms with van der Waals surface area (Å²) in [5, 5.41) is 27.6. The topological polar surface area (TPSA) is 116 Å². The maximum Gasteiger partial charge on any atom is 0.106 e. The fraction of sp³-hybridized carbons (Fsp3) is 0.300. The Morgan fingerprint density at radius 2 is 2.07 bits per heavy atom. The van der Waals surface area contributed by atoms with Crippen LogP contribution in [0.3, 0.4) is 0 Å². The van der Waals surface area contributed by atoms with Crippen LogP contribution in [0.1, 0.15) is 17.2 Å².